The molecule has 0 fully saturated rings. The van der Waals surface area contributed by atoms with Gasteiger partial charge in [0.2, 0.25) is 0 Å². The maximum absolute atomic E-state index is 13.0. The number of ether oxygens (including phenoxy) is 2. The molecule has 0 aliphatic carbocycles. The van der Waals surface area contributed by atoms with Crippen LogP contribution in [0, 0.1) is 6.92 Å². The number of fused-ring (bicyclic) bond motifs is 1. The van der Waals surface area contributed by atoms with Gasteiger partial charge < -0.3 is 24.7 Å². The highest BCUT2D eigenvalue weighted by Crippen LogP contribution is 2.21. The summed E-state index contributed by atoms with van der Waals surface area (Å²) in [6.07, 6.45) is 0. The molecule has 0 spiro atoms. The normalized spacial score (nSPS) is 10.6. The number of aromatic nitrogens is 1. The molecule has 0 bridgehead atoms. The Morgan fingerprint density at radius 3 is 2.47 bits per heavy atom. The number of methoxy groups -OCH3 is 2. The van der Waals surface area contributed by atoms with Crippen molar-refractivity contribution in [3.8, 4) is 5.75 Å². The van der Waals surface area contributed by atoms with E-state index in [-0.39, 0.29) is 12.1 Å². The van der Waals surface area contributed by atoms with Crippen molar-refractivity contribution < 1.29 is 14.3 Å². The summed E-state index contributed by atoms with van der Waals surface area (Å²) in [5.41, 5.74) is 4.10. The molecular weight excluding hydrogens is 474 g/mol. The van der Waals surface area contributed by atoms with E-state index >= 15 is 0 Å². The van der Waals surface area contributed by atoms with Crippen LogP contribution in [0.15, 0.2) is 77.6 Å². The van der Waals surface area contributed by atoms with E-state index in [0.29, 0.717) is 28.5 Å². The number of rotatable bonds is 7. The van der Waals surface area contributed by atoms with Gasteiger partial charge in [0.25, 0.3) is 5.56 Å². The third-order valence-corrected chi connectivity index (χ3v) is 6.28. The van der Waals surface area contributed by atoms with Gasteiger partial charge in [-0.25, -0.2) is 4.79 Å². The molecule has 184 valence electrons. The van der Waals surface area contributed by atoms with Gasteiger partial charge in [0.15, 0.2) is 5.11 Å². The lowest BCUT2D eigenvalue weighted by molar-refractivity contribution is 0.0602. The molecule has 4 rings (SSSR count). The van der Waals surface area contributed by atoms with Crippen LogP contribution in [-0.4, -0.2) is 35.2 Å². The van der Waals surface area contributed by atoms with Gasteiger partial charge in [-0.3, -0.25) is 4.79 Å². The minimum atomic E-state index is -0.469. The summed E-state index contributed by atoms with van der Waals surface area (Å²) in [6.45, 7) is 2.66. The number of benzene rings is 3. The highest BCUT2D eigenvalue weighted by molar-refractivity contribution is 7.80. The Kier molecular flexibility index (Phi) is 7.65. The zero-order valence-electron chi connectivity index (χ0n) is 20.3. The number of thiocarbonyl (C=S) groups is 1. The first-order valence-corrected chi connectivity index (χ1v) is 11.8. The van der Waals surface area contributed by atoms with Gasteiger partial charge in [0.1, 0.15) is 5.75 Å². The lowest BCUT2D eigenvalue weighted by Gasteiger charge is -2.26. The second kappa shape index (κ2) is 11.0. The first-order valence-electron chi connectivity index (χ1n) is 11.4. The number of para-hydroxylation sites is 2. The average molecular weight is 502 g/mol. The monoisotopic (exact) mass is 501 g/mol. The van der Waals surface area contributed by atoms with Crippen molar-refractivity contribution in [3.05, 3.63) is 105 Å². The summed E-state index contributed by atoms with van der Waals surface area (Å²) in [6, 6.07) is 22.4. The van der Waals surface area contributed by atoms with Crippen LogP contribution in [-0.2, 0) is 17.8 Å². The van der Waals surface area contributed by atoms with Gasteiger partial charge in [-0.05, 0) is 66.0 Å². The second-order valence-corrected chi connectivity index (χ2v) is 8.72. The number of nitrogens with one attached hydrogen (secondary N) is 2. The van der Waals surface area contributed by atoms with E-state index < -0.39 is 5.97 Å². The molecule has 0 unspecified atom stereocenters. The van der Waals surface area contributed by atoms with Crippen LogP contribution in [0.3, 0.4) is 0 Å². The highest BCUT2D eigenvalue weighted by atomic mass is 32.1. The average Bonchev–Trinajstić information content (AvgIpc) is 2.89. The molecular formula is C28H27N3O4S. The number of carbonyl (C=O) groups excluding carboxylic acids is 1. The van der Waals surface area contributed by atoms with Crippen molar-refractivity contribution in [3.63, 3.8) is 0 Å². The minimum Gasteiger partial charge on any atom is -0.497 e. The first kappa shape index (κ1) is 24.9. The number of H-pyrrole nitrogens is 1. The second-order valence-electron chi connectivity index (χ2n) is 8.33. The third-order valence-electron chi connectivity index (χ3n) is 5.92. The Morgan fingerprint density at radius 2 is 1.75 bits per heavy atom. The Bertz CT molecular complexity index is 1460. The molecule has 0 aliphatic rings. The molecule has 3 aromatic carbocycles. The molecule has 4 aromatic rings. The minimum absolute atomic E-state index is 0.172. The molecule has 0 aliphatic heterocycles. The van der Waals surface area contributed by atoms with Crippen molar-refractivity contribution in [1.29, 1.82) is 0 Å². The van der Waals surface area contributed by atoms with Crippen molar-refractivity contribution in [2.45, 2.75) is 20.0 Å². The summed E-state index contributed by atoms with van der Waals surface area (Å²) in [5, 5.41) is 4.49. The van der Waals surface area contributed by atoms with Gasteiger partial charge in [-0.1, -0.05) is 42.5 Å². The molecule has 2 N–H and O–H groups in total. The molecule has 7 nitrogen and oxygen atoms in total. The molecule has 0 saturated heterocycles. The van der Waals surface area contributed by atoms with E-state index in [1.54, 1.807) is 25.3 Å². The fourth-order valence-electron chi connectivity index (χ4n) is 3.98. The van der Waals surface area contributed by atoms with E-state index in [2.05, 4.69) is 10.3 Å². The quantitative estimate of drug-likeness (QED) is 0.271. The molecule has 0 saturated carbocycles. The molecule has 1 heterocycles. The van der Waals surface area contributed by atoms with Crippen molar-refractivity contribution in [1.82, 2.24) is 9.88 Å². The predicted octanol–water partition coefficient (Wildman–Crippen LogP) is 5.03. The van der Waals surface area contributed by atoms with Crippen LogP contribution in [0.4, 0.5) is 5.69 Å². The van der Waals surface area contributed by atoms with Crippen LogP contribution >= 0.6 is 12.2 Å². The van der Waals surface area contributed by atoms with Crippen LogP contribution in [0.25, 0.3) is 10.9 Å². The molecule has 1 aromatic heterocycles. The zero-order valence-corrected chi connectivity index (χ0v) is 21.1. The fourth-order valence-corrected chi connectivity index (χ4v) is 4.22. The van der Waals surface area contributed by atoms with E-state index in [1.807, 2.05) is 66.4 Å². The van der Waals surface area contributed by atoms with Crippen LogP contribution in [0.1, 0.15) is 27.0 Å². The summed E-state index contributed by atoms with van der Waals surface area (Å²) in [7, 11) is 2.95. The number of aryl methyl sites for hydroxylation is 1. The highest BCUT2D eigenvalue weighted by Gasteiger charge is 2.18. The van der Waals surface area contributed by atoms with Crippen LogP contribution in [0.2, 0.25) is 0 Å². The lowest BCUT2D eigenvalue weighted by Crippen LogP contribution is -2.36. The maximum atomic E-state index is 13.0. The maximum Gasteiger partial charge on any atom is 0.339 e. The number of aromatic amines is 1. The smallest absolute Gasteiger partial charge is 0.339 e. The summed E-state index contributed by atoms with van der Waals surface area (Å²) in [5.74, 6) is 0.281. The number of hydrogen-bond donors (Lipinski definition) is 2. The van der Waals surface area contributed by atoms with Crippen LogP contribution < -0.4 is 15.6 Å². The number of pyridine rings is 1. The van der Waals surface area contributed by atoms with Crippen molar-refractivity contribution in [2.24, 2.45) is 0 Å². The van der Waals surface area contributed by atoms with Crippen LogP contribution in [0.5, 0.6) is 5.75 Å². The summed E-state index contributed by atoms with van der Waals surface area (Å²) in [4.78, 5) is 30.1. The molecule has 36 heavy (non-hydrogen) atoms. The Hall–Kier alpha value is -4.17. The Balaban J connectivity index is 1.68. The predicted molar refractivity (Wildman–Crippen MR) is 146 cm³/mol. The fraction of sp³-hybridized carbons (Fsp3) is 0.179. The van der Waals surface area contributed by atoms with Gasteiger partial charge in [-0.2, -0.15) is 0 Å². The zero-order chi connectivity index (χ0) is 25.7. The number of nitrogens with zero attached hydrogens (tertiary/aromatic N) is 1. The number of anilines is 1. The summed E-state index contributed by atoms with van der Waals surface area (Å²) >= 11 is 5.77. The number of carbonyl (C=O) groups is 1. The van der Waals surface area contributed by atoms with Gasteiger partial charge in [0.05, 0.1) is 37.5 Å². The first-order chi connectivity index (χ1) is 17.4. The number of hydrogen-bond acceptors (Lipinski definition) is 5. The van der Waals surface area contributed by atoms with E-state index in [1.165, 1.54) is 7.11 Å². The van der Waals surface area contributed by atoms with Gasteiger partial charge in [0, 0.05) is 12.1 Å². The SMILES string of the molecule is COC(=O)c1ccccc1NC(=S)N(Cc1ccc(OC)cc1)Cc1cc2cccc(C)c2[nH]c1=O. The van der Waals surface area contributed by atoms with Crippen molar-refractivity contribution >= 4 is 39.9 Å². The molecule has 0 amide bonds. The van der Waals surface area contributed by atoms with E-state index in [4.69, 9.17) is 21.7 Å². The molecule has 8 heteroatoms. The van der Waals surface area contributed by atoms with Crippen molar-refractivity contribution in [2.75, 3.05) is 19.5 Å². The molecule has 0 radical (unpaired) electrons. The standard InChI is InChI=1S/C28H27N3O4S/c1-18-7-6-8-20-15-21(26(32)30-25(18)20)17-31(16-19-11-13-22(34-2)14-12-19)28(36)29-24-10-5-4-9-23(24)27(33)35-3/h4-15H,16-17H2,1-3H3,(H,29,36)(H,30,32). The number of esters is 1. The topological polar surface area (TPSA) is 83.7 Å². The van der Waals surface area contributed by atoms with Gasteiger partial charge in [-0.15, -0.1) is 0 Å². The third kappa shape index (κ3) is 5.55. The van der Waals surface area contributed by atoms with E-state index in [0.717, 1.165) is 27.8 Å². The molecule has 0 atom stereocenters. The van der Waals surface area contributed by atoms with Gasteiger partial charge >= 0.3 is 5.97 Å². The summed E-state index contributed by atoms with van der Waals surface area (Å²) < 4.78 is 10.2. The largest absolute Gasteiger partial charge is 0.497 e. The Labute approximate surface area is 214 Å². The lowest BCUT2D eigenvalue weighted by atomic mass is 10.1. The van der Waals surface area contributed by atoms with E-state index in [9.17, 15) is 9.59 Å². The Morgan fingerprint density at radius 1 is 1.00 bits per heavy atom.